The maximum absolute atomic E-state index is 11.7. The average molecular weight is 310 g/mol. The summed E-state index contributed by atoms with van der Waals surface area (Å²) >= 11 is 0. The molecule has 0 saturated carbocycles. The highest BCUT2D eigenvalue weighted by molar-refractivity contribution is 7.84. The molecule has 0 unspecified atom stereocenters. The van der Waals surface area contributed by atoms with Gasteiger partial charge >= 0.3 is 0 Å². The SMILES string of the molecule is CCC(C)(C)C(=O)NCCC[N+](C)(C)C.CS(=O)(=O)[O-]. The maximum Gasteiger partial charge on any atom is 0.225 e. The number of nitrogens with one attached hydrogen (secondary N) is 1. The molecule has 0 saturated heterocycles. The van der Waals surface area contributed by atoms with Gasteiger partial charge in [-0.05, 0) is 6.42 Å². The van der Waals surface area contributed by atoms with Gasteiger partial charge in [-0.15, -0.1) is 0 Å². The maximum atomic E-state index is 11.7. The Morgan fingerprint density at radius 1 is 1.25 bits per heavy atom. The minimum absolute atomic E-state index is 0.173. The van der Waals surface area contributed by atoms with Crippen LogP contribution in [0.3, 0.4) is 0 Å². The van der Waals surface area contributed by atoms with Gasteiger partial charge in [-0.3, -0.25) is 4.79 Å². The lowest BCUT2D eigenvalue weighted by molar-refractivity contribution is -0.870. The number of hydrogen-bond acceptors (Lipinski definition) is 4. The van der Waals surface area contributed by atoms with Crippen molar-refractivity contribution in [2.75, 3.05) is 40.5 Å². The van der Waals surface area contributed by atoms with E-state index in [0.717, 1.165) is 30.4 Å². The molecule has 0 fully saturated rings. The Hall–Kier alpha value is -0.660. The quantitative estimate of drug-likeness (QED) is 0.446. The summed E-state index contributed by atoms with van der Waals surface area (Å²) < 4.78 is 28.2. The van der Waals surface area contributed by atoms with E-state index in [0.29, 0.717) is 6.26 Å². The Morgan fingerprint density at radius 3 is 1.95 bits per heavy atom. The molecule has 0 spiro atoms. The topological polar surface area (TPSA) is 86.3 Å². The molecule has 0 aromatic heterocycles. The van der Waals surface area contributed by atoms with Gasteiger partial charge in [0.25, 0.3) is 0 Å². The number of rotatable bonds is 6. The number of quaternary nitrogens is 1. The van der Waals surface area contributed by atoms with Crippen LogP contribution >= 0.6 is 0 Å². The number of carbonyl (C=O) groups excluding carboxylic acids is 1. The van der Waals surface area contributed by atoms with E-state index in [9.17, 15) is 4.79 Å². The summed E-state index contributed by atoms with van der Waals surface area (Å²) in [5.41, 5.74) is -0.226. The Labute approximate surface area is 123 Å². The van der Waals surface area contributed by atoms with Gasteiger partial charge in [0.15, 0.2) is 0 Å². The Bertz CT molecular complexity index is 376. The van der Waals surface area contributed by atoms with Gasteiger partial charge in [0.1, 0.15) is 0 Å². The van der Waals surface area contributed by atoms with Crippen LogP contribution < -0.4 is 5.32 Å². The number of carbonyl (C=O) groups is 1. The van der Waals surface area contributed by atoms with Gasteiger partial charge < -0.3 is 14.4 Å². The molecule has 0 rings (SSSR count). The van der Waals surface area contributed by atoms with E-state index in [4.69, 9.17) is 13.0 Å². The summed E-state index contributed by atoms with van der Waals surface area (Å²) in [5.74, 6) is 0.173. The first-order chi connectivity index (χ1) is 8.69. The molecule has 0 bridgehead atoms. The third-order valence-electron chi connectivity index (χ3n) is 2.79. The summed E-state index contributed by atoms with van der Waals surface area (Å²) in [5, 5.41) is 3.00. The molecule has 0 atom stereocenters. The second-order valence-corrected chi connectivity index (χ2v) is 7.97. The van der Waals surface area contributed by atoms with Crippen LogP contribution in [0.2, 0.25) is 0 Å². The van der Waals surface area contributed by atoms with Crippen molar-refractivity contribution >= 4 is 16.0 Å². The van der Waals surface area contributed by atoms with Gasteiger partial charge in [0, 0.05) is 24.6 Å². The third kappa shape index (κ3) is 17.3. The van der Waals surface area contributed by atoms with Crippen molar-refractivity contribution in [3.8, 4) is 0 Å². The number of amides is 1. The van der Waals surface area contributed by atoms with E-state index < -0.39 is 10.1 Å². The van der Waals surface area contributed by atoms with Gasteiger partial charge in [0.05, 0.1) is 37.8 Å². The van der Waals surface area contributed by atoms with E-state index in [1.807, 2.05) is 20.8 Å². The first-order valence-electron chi connectivity index (χ1n) is 6.68. The molecule has 1 amide bonds. The van der Waals surface area contributed by atoms with Crippen molar-refractivity contribution in [3.05, 3.63) is 0 Å². The molecular weight excluding hydrogens is 280 g/mol. The van der Waals surface area contributed by atoms with E-state index in [1.165, 1.54) is 0 Å². The standard InChI is InChI=1S/C12H26N2O.CH4O3S/c1-7-12(2,3)11(15)13-9-8-10-14(4,5)6;1-5(2,3)4/h7-10H2,1-6H3;1H3,(H,2,3,4). The van der Waals surface area contributed by atoms with Gasteiger partial charge in [-0.2, -0.15) is 0 Å². The lowest BCUT2D eigenvalue weighted by Crippen LogP contribution is -2.40. The zero-order valence-corrected chi connectivity index (χ0v) is 14.6. The van der Waals surface area contributed by atoms with Gasteiger partial charge in [0.2, 0.25) is 5.91 Å². The van der Waals surface area contributed by atoms with Crippen LogP contribution in [-0.2, 0) is 14.9 Å². The minimum Gasteiger partial charge on any atom is -0.748 e. The van der Waals surface area contributed by atoms with Crippen molar-refractivity contribution in [1.29, 1.82) is 0 Å². The lowest BCUT2D eigenvalue weighted by atomic mass is 9.89. The van der Waals surface area contributed by atoms with Crippen LogP contribution in [-0.4, -0.2) is 63.8 Å². The van der Waals surface area contributed by atoms with E-state index in [1.54, 1.807) is 0 Å². The van der Waals surface area contributed by atoms with Crippen molar-refractivity contribution in [3.63, 3.8) is 0 Å². The molecule has 6 nitrogen and oxygen atoms in total. The monoisotopic (exact) mass is 310 g/mol. The molecule has 0 aliphatic heterocycles. The molecule has 0 heterocycles. The van der Waals surface area contributed by atoms with Crippen molar-refractivity contribution in [2.45, 2.75) is 33.6 Å². The van der Waals surface area contributed by atoms with Gasteiger partial charge in [-0.25, -0.2) is 8.42 Å². The van der Waals surface area contributed by atoms with Crippen LogP contribution in [0, 0.1) is 5.41 Å². The van der Waals surface area contributed by atoms with Crippen LogP contribution in [0.1, 0.15) is 33.6 Å². The molecule has 0 aromatic rings. The number of hydrogen-bond donors (Lipinski definition) is 1. The second kappa shape index (κ2) is 8.59. The van der Waals surface area contributed by atoms with Crippen LogP contribution in [0.5, 0.6) is 0 Å². The lowest BCUT2D eigenvalue weighted by Gasteiger charge is -2.25. The molecule has 0 aliphatic rings. The Kier molecular flexibility index (Phi) is 9.29. The Balaban J connectivity index is 0. The fraction of sp³-hybridized carbons (Fsp3) is 0.923. The van der Waals surface area contributed by atoms with E-state index >= 15 is 0 Å². The molecule has 0 aromatic carbocycles. The number of nitrogens with zero attached hydrogens (tertiary/aromatic N) is 1. The molecular formula is C13H30N2O4S. The third-order valence-corrected chi connectivity index (χ3v) is 2.79. The summed E-state index contributed by atoms with van der Waals surface area (Å²) in [7, 11) is 2.58. The smallest absolute Gasteiger partial charge is 0.225 e. The molecule has 0 radical (unpaired) electrons. The highest BCUT2D eigenvalue weighted by Crippen LogP contribution is 2.19. The molecule has 122 valence electrons. The highest BCUT2D eigenvalue weighted by Gasteiger charge is 2.24. The summed E-state index contributed by atoms with van der Waals surface area (Å²) in [6.45, 7) is 7.90. The van der Waals surface area contributed by atoms with E-state index in [-0.39, 0.29) is 11.3 Å². The Morgan fingerprint density at radius 2 is 1.65 bits per heavy atom. The molecule has 7 heteroatoms. The second-order valence-electron chi connectivity index (χ2n) is 6.56. The minimum atomic E-state index is -3.92. The fourth-order valence-corrected chi connectivity index (χ4v) is 1.16. The highest BCUT2D eigenvalue weighted by atomic mass is 32.2. The average Bonchev–Trinajstić information content (AvgIpc) is 2.20. The van der Waals surface area contributed by atoms with E-state index in [2.05, 4.69) is 26.5 Å². The first-order valence-corrected chi connectivity index (χ1v) is 8.50. The normalized spacial score (nSPS) is 12.4. The van der Waals surface area contributed by atoms with Crippen LogP contribution in [0.15, 0.2) is 0 Å². The van der Waals surface area contributed by atoms with Crippen LogP contribution in [0.4, 0.5) is 0 Å². The fourth-order valence-electron chi connectivity index (χ4n) is 1.16. The van der Waals surface area contributed by atoms with Crippen molar-refractivity contribution < 1.29 is 22.2 Å². The van der Waals surface area contributed by atoms with Crippen molar-refractivity contribution in [1.82, 2.24) is 5.32 Å². The largest absolute Gasteiger partial charge is 0.748 e. The molecule has 20 heavy (non-hydrogen) atoms. The predicted octanol–water partition coefficient (Wildman–Crippen LogP) is 0.797. The molecule has 1 N–H and O–H groups in total. The summed E-state index contributed by atoms with van der Waals surface area (Å²) in [6, 6.07) is 0. The summed E-state index contributed by atoms with van der Waals surface area (Å²) in [6.07, 6.45) is 2.52. The molecule has 0 aliphatic carbocycles. The zero-order valence-electron chi connectivity index (χ0n) is 13.8. The summed E-state index contributed by atoms with van der Waals surface area (Å²) in [4.78, 5) is 11.7. The predicted molar refractivity (Wildman–Crippen MR) is 80.2 cm³/mol. The first kappa shape index (κ1) is 21.6. The zero-order chi connectivity index (χ0) is 16.6. The van der Waals surface area contributed by atoms with Crippen molar-refractivity contribution in [2.24, 2.45) is 5.41 Å². The van der Waals surface area contributed by atoms with Crippen LogP contribution in [0.25, 0.3) is 0 Å². The van der Waals surface area contributed by atoms with Gasteiger partial charge in [-0.1, -0.05) is 20.8 Å².